The van der Waals surface area contributed by atoms with E-state index in [0.29, 0.717) is 24.3 Å². The molecule has 0 spiro atoms. The summed E-state index contributed by atoms with van der Waals surface area (Å²) in [6.45, 7) is 16.1. The zero-order valence-corrected chi connectivity index (χ0v) is 21.2. The Balaban J connectivity index is 2.21. The third-order valence-corrected chi connectivity index (χ3v) is 6.08. The van der Waals surface area contributed by atoms with Crippen LogP contribution in [-0.4, -0.2) is 38.4 Å². The minimum absolute atomic E-state index is 0.0422. The van der Waals surface area contributed by atoms with Gasteiger partial charge in [-0.2, -0.15) is 0 Å². The van der Waals surface area contributed by atoms with E-state index in [1.165, 1.54) is 11.1 Å². The average molecular weight is 434 g/mol. The fraction of sp³-hybridized carbons (Fsp3) is 0.500. The third-order valence-electron chi connectivity index (χ3n) is 6.08. The van der Waals surface area contributed by atoms with Gasteiger partial charge < -0.3 is 9.64 Å². The van der Waals surface area contributed by atoms with E-state index in [4.69, 9.17) is 14.7 Å². The highest BCUT2D eigenvalue weighted by atomic mass is 16.5. The minimum Gasteiger partial charge on any atom is -0.474 e. The molecule has 0 radical (unpaired) electrons. The van der Waals surface area contributed by atoms with Crippen LogP contribution < -0.4 is 4.90 Å². The maximum atomic E-state index is 6.17. The van der Waals surface area contributed by atoms with E-state index in [-0.39, 0.29) is 11.5 Å². The van der Waals surface area contributed by atoms with Crippen molar-refractivity contribution in [1.82, 2.24) is 0 Å². The highest BCUT2D eigenvalue weighted by molar-refractivity contribution is 6.46. The molecule has 0 aliphatic carbocycles. The van der Waals surface area contributed by atoms with Crippen LogP contribution in [0.1, 0.15) is 77.0 Å². The lowest BCUT2D eigenvalue weighted by Gasteiger charge is -2.21. The number of hydrogen-bond acceptors (Lipinski definition) is 4. The van der Waals surface area contributed by atoms with Crippen molar-refractivity contribution < 1.29 is 4.74 Å². The molecular formula is C28H39N3O. The third kappa shape index (κ3) is 5.23. The molecule has 0 N–H and O–H groups in total. The zero-order valence-electron chi connectivity index (χ0n) is 21.2. The molecule has 1 aliphatic rings. The van der Waals surface area contributed by atoms with Gasteiger partial charge >= 0.3 is 0 Å². The van der Waals surface area contributed by atoms with Crippen LogP contribution in [0.5, 0.6) is 0 Å². The molecule has 0 amide bonds. The van der Waals surface area contributed by atoms with Gasteiger partial charge in [0, 0.05) is 25.3 Å². The molecule has 3 rings (SSSR count). The Morgan fingerprint density at radius 2 is 1.53 bits per heavy atom. The van der Waals surface area contributed by atoms with E-state index in [1.54, 1.807) is 0 Å². The van der Waals surface area contributed by atoms with E-state index in [0.717, 1.165) is 22.6 Å². The Labute approximate surface area is 194 Å². The maximum absolute atomic E-state index is 6.17. The second-order valence-corrected chi connectivity index (χ2v) is 10.6. The van der Waals surface area contributed by atoms with Crippen LogP contribution >= 0.6 is 0 Å². The minimum atomic E-state index is 0.0422. The molecule has 1 heterocycles. The van der Waals surface area contributed by atoms with Crippen LogP contribution in [0.15, 0.2) is 52.4 Å². The van der Waals surface area contributed by atoms with E-state index in [2.05, 4.69) is 110 Å². The summed E-state index contributed by atoms with van der Waals surface area (Å²) in [4.78, 5) is 12.4. The van der Waals surface area contributed by atoms with E-state index < -0.39 is 0 Å². The molecular weight excluding hydrogens is 394 g/mol. The second-order valence-electron chi connectivity index (χ2n) is 10.6. The molecule has 0 saturated heterocycles. The molecule has 4 nitrogen and oxygen atoms in total. The van der Waals surface area contributed by atoms with Gasteiger partial charge in [-0.25, -0.2) is 9.98 Å². The topological polar surface area (TPSA) is 37.2 Å². The van der Waals surface area contributed by atoms with Crippen LogP contribution in [0.4, 0.5) is 11.4 Å². The summed E-state index contributed by atoms with van der Waals surface area (Å²) in [5.74, 6) is 1.40. The number of anilines is 1. The van der Waals surface area contributed by atoms with Crippen LogP contribution in [-0.2, 0) is 4.74 Å². The van der Waals surface area contributed by atoms with Gasteiger partial charge in [-0.1, -0.05) is 78.8 Å². The van der Waals surface area contributed by atoms with Crippen molar-refractivity contribution in [3.63, 3.8) is 0 Å². The first-order valence-corrected chi connectivity index (χ1v) is 11.7. The Kier molecular flexibility index (Phi) is 7.12. The smallest absolute Gasteiger partial charge is 0.236 e. The van der Waals surface area contributed by atoms with Gasteiger partial charge in [-0.3, -0.25) is 0 Å². The summed E-state index contributed by atoms with van der Waals surface area (Å²) >= 11 is 0. The number of nitrogens with zero attached hydrogens (tertiary/aromatic N) is 3. The first-order chi connectivity index (χ1) is 15.0. The van der Waals surface area contributed by atoms with Crippen LogP contribution in [0.25, 0.3) is 0 Å². The van der Waals surface area contributed by atoms with Crippen molar-refractivity contribution in [2.24, 2.45) is 15.4 Å². The lowest BCUT2D eigenvalue weighted by Crippen LogP contribution is -2.25. The van der Waals surface area contributed by atoms with Crippen LogP contribution in [0, 0.1) is 5.41 Å². The largest absolute Gasteiger partial charge is 0.474 e. The summed E-state index contributed by atoms with van der Waals surface area (Å²) in [5.41, 5.74) is 6.60. The predicted octanol–water partition coefficient (Wildman–Crippen LogP) is 6.96. The first kappa shape index (κ1) is 24.0. The molecule has 1 atom stereocenters. The van der Waals surface area contributed by atoms with Gasteiger partial charge in [-0.05, 0) is 40.5 Å². The Morgan fingerprint density at radius 3 is 1.97 bits per heavy atom. The van der Waals surface area contributed by atoms with Gasteiger partial charge in [0.2, 0.25) is 5.90 Å². The SMILES string of the molecule is CC(C)c1cccc(C(C)C)c1/N=C(/C1=N[C@@H](C(C)(C)C)CO1)c1ccc(N(C)C)cc1. The van der Waals surface area contributed by atoms with Crippen molar-refractivity contribution in [1.29, 1.82) is 0 Å². The summed E-state index contributed by atoms with van der Waals surface area (Å²) in [6.07, 6.45) is 0. The van der Waals surface area contributed by atoms with Gasteiger partial charge in [0.1, 0.15) is 12.3 Å². The molecule has 2 aromatic carbocycles. The van der Waals surface area contributed by atoms with E-state index in [9.17, 15) is 0 Å². The van der Waals surface area contributed by atoms with Crippen molar-refractivity contribution in [3.05, 3.63) is 59.2 Å². The normalized spacial score (nSPS) is 17.0. The molecule has 0 saturated carbocycles. The number of aliphatic imine (C=N–C) groups is 2. The predicted molar refractivity (Wildman–Crippen MR) is 138 cm³/mol. The molecule has 0 unspecified atom stereocenters. The van der Waals surface area contributed by atoms with Gasteiger partial charge in [0.05, 0.1) is 11.7 Å². The molecule has 2 aromatic rings. The fourth-order valence-corrected chi connectivity index (χ4v) is 3.85. The number of para-hydroxylation sites is 1. The fourth-order valence-electron chi connectivity index (χ4n) is 3.85. The number of hydrogen-bond donors (Lipinski definition) is 0. The Hall–Kier alpha value is -2.62. The molecule has 1 aliphatic heterocycles. The highest BCUT2D eigenvalue weighted by Gasteiger charge is 2.32. The Morgan fingerprint density at radius 1 is 0.969 bits per heavy atom. The monoisotopic (exact) mass is 433 g/mol. The van der Waals surface area contributed by atoms with Crippen molar-refractivity contribution in [3.8, 4) is 0 Å². The van der Waals surface area contributed by atoms with Crippen LogP contribution in [0.2, 0.25) is 0 Å². The number of ether oxygens (including phenoxy) is 1. The van der Waals surface area contributed by atoms with Gasteiger partial charge in [-0.15, -0.1) is 0 Å². The quantitative estimate of drug-likeness (QED) is 0.462. The number of rotatable bonds is 6. The molecule has 4 heteroatoms. The molecule has 0 fully saturated rings. The molecule has 0 bridgehead atoms. The number of benzene rings is 2. The van der Waals surface area contributed by atoms with Crippen molar-refractivity contribution >= 4 is 23.0 Å². The second kappa shape index (κ2) is 9.48. The maximum Gasteiger partial charge on any atom is 0.236 e. The van der Waals surface area contributed by atoms with Crippen molar-refractivity contribution in [2.45, 2.75) is 66.3 Å². The molecule has 172 valence electrons. The summed E-state index contributed by atoms with van der Waals surface area (Å²) in [5, 5.41) is 0. The molecule has 0 aromatic heterocycles. The van der Waals surface area contributed by atoms with Gasteiger partial charge in [0.15, 0.2) is 0 Å². The van der Waals surface area contributed by atoms with Gasteiger partial charge in [0.25, 0.3) is 0 Å². The molecule has 32 heavy (non-hydrogen) atoms. The van der Waals surface area contributed by atoms with Crippen molar-refractivity contribution in [2.75, 3.05) is 25.6 Å². The first-order valence-electron chi connectivity index (χ1n) is 11.7. The van der Waals surface area contributed by atoms with E-state index >= 15 is 0 Å². The van der Waals surface area contributed by atoms with E-state index in [1.807, 2.05) is 0 Å². The summed E-state index contributed by atoms with van der Waals surface area (Å²) in [6, 6.07) is 15.1. The summed E-state index contributed by atoms with van der Waals surface area (Å²) in [7, 11) is 4.10. The lowest BCUT2D eigenvalue weighted by atomic mass is 9.88. The standard InChI is InChI=1S/C28H39N3O/c1-18(2)22-11-10-12-23(19(3)4)26(22)30-25(20-13-15-21(16-14-20)31(8)9)27-29-24(17-32-27)28(5,6)7/h10-16,18-19,24H,17H2,1-9H3/b30-25+/t24-/m1/s1. The highest BCUT2D eigenvalue weighted by Crippen LogP contribution is 2.36. The zero-order chi connectivity index (χ0) is 23.6. The Bertz CT molecular complexity index is 966. The lowest BCUT2D eigenvalue weighted by molar-refractivity contribution is 0.237. The van der Waals surface area contributed by atoms with Crippen LogP contribution in [0.3, 0.4) is 0 Å². The summed E-state index contributed by atoms with van der Waals surface area (Å²) < 4.78 is 6.17. The average Bonchev–Trinajstić information content (AvgIpc) is 3.22.